The van der Waals surface area contributed by atoms with Gasteiger partial charge in [0.25, 0.3) is 0 Å². The second kappa shape index (κ2) is 26.8. The normalized spacial score (nSPS) is 12.0. The number of thiophene rings is 4. The Labute approximate surface area is 681 Å². The van der Waals surface area contributed by atoms with E-state index < -0.39 is 0 Å². The van der Waals surface area contributed by atoms with Crippen LogP contribution in [0.3, 0.4) is 0 Å². The molecule has 24 aromatic rings. The van der Waals surface area contributed by atoms with E-state index in [1.807, 2.05) is 40.9 Å². The molecule has 0 bridgehead atoms. The summed E-state index contributed by atoms with van der Waals surface area (Å²) >= 11 is 7.26. The SMILES string of the molecule is c1ccc(-c2nc(-c3cccc(-c4cc(-c5cccc(-c6nc(-c7ccc8c(c7)sc7ccccc78)nc(-c7ccccc7-c7cccc8sc9ccc(-c%10cc%11ccccc%11c%11ccccc%10%11)cc9c78)n6)c5)cc5sc6ccc(-c7cc8ccccc8c8ccccc78)cc6c45)c3)nc(-c3cccc4sc5ccccc5c34)n2)cc1. The van der Waals surface area contributed by atoms with Gasteiger partial charge in [-0.25, -0.2) is 29.9 Å². The zero-order chi connectivity index (χ0) is 76.1. The molecule has 0 N–H and O–H groups in total. The zero-order valence-electron chi connectivity index (χ0n) is 62.0. The molecule has 6 aromatic heterocycles. The van der Waals surface area contributed by atoms with Gasteiger partial charge in [-0.1, -0.05) is 273 Å². The molecule has 0 aliphatic rings. The van der Waals surface area contributed by atoms with Crippen molar-refractivity contribution in [2.75, 3.05) is 0 Å². The van der Waals surface area contributed by atoms with Crippen molar-refractivity contribution in [1.82, 2.24) is 29.9 Å². The first kappa shape index (κ1) is 66.5. The van der Waals surface area contributed by atoms with Crippen LogP contribution >= 0.6 is 45.3 Å². The van der Waals surface area contributed by atoms with Gasteiger partial charge in [0.15, 0.2) is 34.9 Å². The van der Waals surface area contributed by atoms with E-state index in [0.717, 1.165) is 77.7 Å². The molecule has 6 heterocycles. The molecule has 6 nitrogen and oxygen atoms in total. The molecule has 18 aromatic carbocycles. The summed E-state index contributed by atoms with van der Waals surface area (Å²) in [4.78, 5) is 33.0. The van der Waals surface area contributed by atoms with Crippen molar-refractivity contribution < 1.29 is 0 Å². The Morgan fingerprint density at radius 2 is 0.509 bits per heavy atom. The Morgan fingerprint density at radius 1 is 0.138 bits per heavy atom. The lowest BCUT2D eigenvalue weighted by Crippen LogP contribution is -2.01. The molecule has 10 heteroatoms. The van der Waals surface area contributed by atoms with Gasteiger partial charge < -0.3 is 0 Å². The largest absolute Gasteiger partial charge is 0.208 e. The number of rotatable bonds is 11. The van der Waals surface area contributed by atoms with Crippen LogP contribution in [0.2, 0.25) is 0 Å². The highest BCUT2D eigenvalue weighted by molar-refractivity contribution is 7.27. The Bertz CT molecular complexity index is 8250. The van der Waals surface area contributed by atoms with Gasteiger partial charge in [-0.05, 0) is 190 Å². The van der Waals surface area contributed by atoms with Crippen LogP contribution in [0, 0.1) is 0 Å². The van der Waals surface area contributed by atoms with Crippen molar-refractivity contribution in [1.29, 1.82) is 0 Å². The minimum Gasteiger partial charge on any atom is -0.208 e. The summed E-state index contributed by atoms with van der Waals surface area (Å²) in [5.41, 5.74) is 16.6. The van der Waals surface area contributed by atoms with Crippen molar-refractivity contribution in [2.24, 2.45) is 0 Å². The molecule has 0 saturated heterocycles. The molecule has 0 spiro atoms. The van der Waals surface area contributed by atoms with Crippen LogP contribution in [0.25, 0.3) is 248 Å². The van der Waals surface area contributed by atoms with Crippen molar-refractivity contribution in [3.8, 4) is 124 Å². The summed E-state index contributed by atoms with van der Waals surface area (Å²) in [5.74, 6) is 3.58. The second-order valence-electron chi connectivity index (χ2n) is 29.9. The summed E-state index contributed by atoms with van der Waals surface area (Å²) in [7, 11) is 0. The van der Waals surface area contributed by atoms with Crippen molar-refractivity contribution in [3.05, 3.63) is 364 Å². The highest BCUT2D eigenvalue weighted by Gasteiger charge is 2.25. The number of benzene rings is 18. The summed E-state index contributed by atoms with van der Waals surface area (Å²) in [6.45, 7) is 0. The van der Waals surface area contributed by atoms with E-state index in [-0.39, 0.29) is 0 Å². The van der Waals surface area contributed by atoms with E-state index in [1.54, 1.807) is 22.7 Å². The Hall–Kier alpha value is -14.1. The number of hydrogen-bond acceptors (Lipinski definition) is 10. The molecule has 0 aliphatic heterocycles. The van der Waals surface area contributed by atoms with Gasteiger partial charge in [-0.3, -0.25) is 0 Å². The fourth-order valence-electron chi connectivity index (χ4n) is 17.8. The molecule has 116 heavy (non-hydrogen) atoms. The van der Waals surface area contributed by atoms with Crippen molar-refractivity contribution >= 4 is 169 Å². The molecule has 24 rings (SSSR count). The molecule has 0 radical (unpaired) electrons. The van der Waals surface area contributed by atoms with Gasteiger partial charge in [0.05, 0.1) is 0 Å². The topological polar surface area (TPSA) is 77.3 Å². The van der Waals surface area contributed by atoms with Gasteiger partial charge in [0, 0.05) is 114 Å². The number of nitrogens with zero attached hydrogens (tertiary/aromatic N) is 6. The van der Waals surface area contributed by atoms with Crippen LogP contribution < -0.4 is 0 Å². The third kappa shape index (κ3) is 11.0. The first-order chi connectivity index (χ1) is 57.4. The van der Waals surface area contributed by atoms with Crippen LogP contribution in [-0.2, 0) is 0 Å². The van der Waals surface area contributed by atoms with E-state index >= 15 is 0 Å². The lowest BCUT2D eigenvalue weighted by molar-refractivity contribution is 1.07. The highest BCUT2D eigenvalue weighted by Crippen LogP contribution is 2.50. The number of fused-ring (bicyclic) bond motifs is 18. The first-order valence-electron chi connectivity index (χ1n) is 38.9. The van der Waals surface area contributed by atoms with Gasteiger partial charge in [0.2, 0.25) is 0 Å². The molecular formula is C106H60N6S4. The predicted octanol–water partition coefficient (Wildman–Crippen LogP) is 30.5. The lowest BCUT2D eigenvalue weighted by Gasteiger charge is -2.14. The van der Waals surface area contributed by atoms with Crippen molar-refractivity contribution in [3.63, 3.8) is 0 Å². The number of hydrogen-bond donors (Lipinski definition) is 0. The van der Waals surface area contributed by atoms with Crippen LogP contribution in [-0.4, -0.2) is 29.9 Å². The minimum atomic E-state index is 0.573. The average Bonchev–Trinajstić information content (AvgIpc) is 1.66. The second-order valence-corrected chi connectivity index (χ2v) is 34.2. The summed E-state index contributed by atoms with van der Waals surface area (Å²) in [6, 6.07) is 133. The van der Waals surface area contributed by atoms with Gasteiger partial charge in [-0.15, -0.1) is 45.3 Å². The molecular weight excluding hydrogens is 1490 g/mol. The smallest absolute Gasteiger partial charge is 0.164 e. The van der Waals surface area contributed by atoms with E-state index in [2.05, 4.69) is 346 Å². The molecule has 0 saturated carbocycles. The van der Waals surface area contributed by atoms with E-state index in [0.29, 0.717) is 34.9 Å². The minimum absolute atomic E-state index is 0.573. The third-order valence-corrected chi connectivity index (χ3v) is 27.7. The van der Waals surface area contributed by atoms with Gasteiger partial charge >= 0.3 is 0 Å². The molecule has 0 fully saturated rings. The average molecular weight is 1550 g/mol. The Kier molecular flexibility index (Phi) is 15.4. The third-order valence-electron chi connectivity index (χ3n) is 23.2. The monoisotopic (exact) mass is 1540 g/mol. The van der Waals surface area contributed by atoms with Crippen LogP contribution in [0.4, 0.5) is 0 Å². The Morgan fingerprint density at radius 3 is 1.15 bits per heavy atom. The lowest BCUT2D eigenvalue weighted by atomic mass is 9.91. The summed E-state index contributed by atoms with van der Waals surface area (Å²) in [6.07, 6.45) is 0. The van der Waals surface area contributed by atoms with Crippen LogP contribution in [0.15, 0.2) is 364 Å². The maximum Gasteiger partial charge on any atom is 0.164 e. The maximum atomic E-state index is 5.65. The fourth-order valence-corrected chi connectivity index (χ4v) is 22.3. The molecule has 0 aliphatic carbocycles. The molecule has 0 atom stereocenters. The predicted molar refractivity (Wildman–Crippen MR) is 495 cm³/mol. The highest BCUT2D eigenvalue weighted by atomic mass is 32.1. The quantitative estimate of drug-likeness (QED) is 0.120. The molecule has 0 amide bonds. The Balaban J connectivity index is 0.685. The fraction of sp³-hybridized carbons (Fsp3) is 0. The summed E-state index contributed by atoms with van der Waals surface area (Å²) < 4.78 is 9.64. The van der Waals surface area contributed by atoms with Gasteiger partial charge in [-0.2, -0.15) is 0 Å². The molecule has 538 valence electrons. The maximum absolute atomic E-state index is 5.65. The van der Waals surface area contributed by atoms with Gasteiger partial charge in [0.1, 0.15) is 0 Å². The summed E-state index contributed by atoms with van der Waals surface area (Å²) in [5, 5.41) is 19.5. The zero-order valence-corrected chi connectivity index (χ0v) is 65.2. The van der Waals surface area contributed by atoms with Crippen molar-refractivity contribution in [2.45, 2.75) is 0 Å². The van der Waals surface area contributed by atoms with Crippen LogP contribution in [0.5, 0.6) is 0 Å². The van der Waals surface area contributed by atoms with E-state index in [4.69, 9.17) is 29.9 Å². The number of aromatic nitrogens is 6. The first-order valence-corrected chi connectivity index (χ1v) is 42.2. The molecule has 0 unspecified atom stereocenters. The van der Waals surface area contributed by atoms with Crippen LogP contribution in [0.1, 0.15) is 0 Å². The van der Waals surface area contributed by atoms with E-state index in [9.17, 15) is 0 Å². The standard InChI is InChI=1S/C106H60N6S4/c1-2-22-61(23-3-1)101-107-103(112-106(109-101)84-41-21-45-95-99(84)83-39-15-17-43-91(83)113-95)69-29-19-27-63(53-69)87-58-71(60-97-100(87)89-57-67(48-51-93(89)116-97)86-55-65-25-5-7-31-73(65)75-33-9-11-35-77(75)86)62-26-18-28-68(52-62)102-108-104(70-46-49-80-79-37-14-16-42-90(79)115-96(80)59-70)111-105(110-102)82-38-13-12-36-78(82)81-40-20-44-94-98(81)88-56-66(47-50-92(88)114-94)85-54-64-24-4-6-30-72(64)74-32-8-10-34-76(74)85/h1-60H. The van der Waals surface area contributed by atoms with E-state index in [1.165, 1.54) is 135 Å².